The van der Waals surface area contributed by atoms with E-state index in [9.17, 15) is 0 Å². The largest absolute Gasteiger partial charge is 0.308 e. The molecule has 0 aliphatic rings. The van der Waals surface area contributed by atoms with Crippen LogP contribution in [-0.4, -0.2) is 16.4 Å². The summed E-state index contributed by atoms with van der Waals surface area (Å²) in [5.74, 6) is 0. The third kappa shape index (κ3) is 3.87. The quantitative estimate of drug-likeness (QED) is 0.820. The van der Waals surface area contributed by atoms with Crippen molar-refractivity contribution in [2.45, 2.75) is 26.4 Å². The van der Waals surface area contributed by atoms with Gasteiger partial charge in [-0.05, 0) is 26.0 Å². The van der Waals surface area contributed by atoms with Gasteiger partial charge in [0, 0.05) is 23.6 Å². The number of halogens is 1. The van der Waals surface area contributed by atoms with Gasteiger partial charge < -0.3 is 5.32 Å². The smallest absolute Gasteiger partial charge is 0.0544 e. The van der Waals surface area contributed by atoms with Gasteiger partial charge in [0.25, 0.3) is 0 Å². The average molecular weight is 243 g/mol. The molecule has 0 aromatic carbocycles. The summed E-state index contributed by atoms with van der Waals surface area (Å²) in [4.78, 5) is 4.40. The van der Waals surface area contributed by atoms with Crippen molar-refractivity contribution in [3.63, 3.8) is 0 Å². The fourth-order valence-corrected chi connectivity index (χ4v) is 1.26. The molecule has 1 N–H and O–H groups in total. The highest BCUT2D eigenvalue weighted by molar-refractivity contribution is 9.09. The molecule has 2 nitrogen and oxygen atoms in total. The second-order valence-corrected chi connectivity index (χ2v) is 3.85. The van der Waals surface area contributed by atoms with Gasteiger partial charge in [0.1, 0.15) is 0 Å². The molecule has 0 saturated carbocycles. The van der Waals surface area contributed by atoms with Crippen LogP contribution in [0.15, 0.2) is 18.2 Å². The van der Waals surface area contributed by atoms with Crippen molar-refractivity contribution < 1.29 is 0 Å². The number of aromatic nitrogens is 1. The summed E-state index contributed by atoms with van der Waals surface area (Å²) in [6, 6.07) is 6.58. The summed E-state index contributed by atoms with van der Waals surface area (Å²) in [6.45, 7) is 5.00. The molecular weight excluding hydrogens is 228 g/mol. The Morgan fingerprint density at radius 3 is 2.92 bits per heavy atom. The zero-order valence-electron chi connectivity index (χ0n) is 8.05. The number of rotatable bonds is 4. The SMILES string of the molecule is Cc1cccc(CNC(C)CBr)n1. The van der Waals surface area contributed by atoms with Gasteiger partial charge in [-0.2, -0.15) is 0 Å². The summed E-state index contributed by atoms with van der Waals surface area (Å²) in [5, 5.41) is 4.34. The highest BCUT2D eigenvalue weighted by atomic mass is 79.9. The van der Waals surface area contributed by atoms with Crippen LogP contribution in [0.4, 0.5) is 0 Å². The lowest BCUT2D eigenvalue weighted by molar-refractivity contribution is 0.590. The van der Waals surface area contributed by atoms with E-state index in [1.165, 1.54) is 0 Å². The van der Waals surface area contributed by atoms with Crippen LogP contribution >= 0.6 is 15.9 Å². The Morgan fingerprint density at radius 1 is 1.54 bits per heavy atom. The van der Waals surface area contributed by atoms with Gasteiger partial charge in [-0.1, -0.05) is 22.0 Å². The topological polar surface area (TPSA) is 24.9 Å². The minimum absolute atomic E-state index is 0.488. The summed E-state index contributed by atoms with van der Waals surface area (Å²) in [6.07, 6.45) is 0. The molecule has 0 saturated heterocycles. The van der Waals surface area contributed by atoms with Crippen LogP contribution < -0.4 is 5.32 Å². The molecule has 1 aromatic rings. The Labute approximate surface area is 87.9 Å². The Balaban J connectivity index is 2.45. The zero-order valence-corrected chi connectivity index (χ0v) is 9.63. The molecule has 1 aromatic heterocycles. The van der Waals surface area contributed by atoms with E-state index in [2.05, 4.69) is 33.2 Å². The zero-order chi connectivity index (χ0) is 9.68. The van der Waals surface area contributed by atoms with Gasteiger partial charge in [-0.3, -0.25) is 4.98 Å². The molecule has 0 radical (unpaired) electrons. The summed E-state index contributed by atoms with van der Waals surface area (Å²) >= 11 is 3.42. The van der Waals surface area contributed by atoms with Crippen LogP contribution in [-0.2, 0) is 6.54 Å². The van der Waals surface area contributed by atoms with E-state index < -0.39 is 0 Å². The van der Waals surface area contributed by atoms with Gasteiger partial charge in [0.15, 0.2) is 0 Å². The van der Waals surface area contributed by atoms with Crippen molar-refractivity contribution in [2.75, 3.05) is 5.33 Å². The van der Waals surface area contributed by atoms with Crippen molar-refractivity contribution in [1.29, 1.82) is 0 Å². The van der Waals surface area contributed by atoms with Gasteiger partial charge in [-0.25, -0.2) is 0 Å². The molecule has 1 atom stereocenters. The summed E-state index contributed by atoms with van der Waals surface area (Å²) in [5.41, 5.74) is 2.18. The van der Waals surface area contributed by atoms with Crippen LogP contribution in [0.25, 0.3) is 0 Å². The monoisotopic (exact) mass is 242 g/mol. The van der Waals surface area contributed by atoms with E-state index >= 15 is 0 Å². The summed E-state index contributed by atoms with van der Waals surface area (Å²) < 4.78 is 0. The van der Waals surface area contributed by atoms with Gasteiger partial charge in [0.05, 0.1) is 5.69 Å². The number of hydrogen-bond acceptors (Lipinski definition) is 2. The van der Waals surface area contributed by atoms with E-state index in [4.69, 9.17) is 0 Å². The molecule has 1 rings (SSSR count). The molecule has 0 bridgehead atoms. The minimum atomic E-state index is 0.488. The molecule has 1 heterocycles. The van der Waals surface area contributed by atoms with Gasteiger partial charge >= 0.3 is 0 Å². The Morgan fingerprint density at radius 2 is 2.31 bits per heavy atom. The third-order valence-corrected chi connectivity index (χ3v) is 2.78. The first-order valence-electron chi connectivity index (χ1n) is 4.44. The molecule has 1 unspecified atom stereocenters. The highest BCUT2D eigenvalue weighted by Gasteiger charge is 1.99. The van der Waals surface area contributed by atoms with Crippen LogP contribution in [0.2, 0.25) is 0 Å². The Kier molecular flexibility index (Phi) is 4.39. The first kappa shape index (κ1) is 10.7. The summed E-state index contributed by atoms with van der Waals surface area (Å²) in [7, 11) is 0. The van der Waals surface area contributed by atoms with Gasteiger partial charge in [-0.15, -0.1) is 0 Å². The second kappa shape index (κ2) is 5.35. The van der Waals surface area contributed by atoms with Crippen molar-refractivity contribution in [1.82, 2.24) is 10.3 Å². The maximum absolute atomic E-state index is 4.40. The predicted octanol–water partition coefficient (Wildman–Crippen LogP) is 2.26. The second-order valence-electron chi connectivity index (χ2n) is 3.21. The molecule has 72 valence electrons. The average Bonchev–Trinajstić information content (AvgIpc) is 2.14. The van der Waals surface area contributed by atoms with Crippen LogP contribution in [0.1, 0.15) is 18.3 Å². The number of nitrogens with one attached hydrogen (secondary N) is 1. The lowest BCUT2D eigenvalue weighted by Crippen LogP contribution is -2.27. The highest BCUT2D eigenvalue weighted by Crippen LogP contribution is 1.98. The standard InChI is InChI=1S/C10H15BrN2/c1-8-4-3-5-10(13-8)7-12-9(2)6-11/h3-5,9,12H,6-7H2,1-2H3. The van der Waals surface area contributed by atoms with E-state index in [0.717, 1.165) is 23.3 Å². The first-order chi connectivity index (χ1) is 6.22. The maximum Gasteiger partial charge on any atom is 0.0544 e. The lowest BCUT2D eigenvalue weighted by atomic mass is 10.3. The fourth-order valence-electron chi connectivity index (χ4n) is 1.03. The number of hydrogen-bond donors (Lipinski definition) is 1. The number of pyridine rings is 1. The lowest BCUT2D eigenvalue weighted by Gasteiger charge is -2.09. The third-order valence-electron chi connectivity index (χ3n) is 1.81. The van der Waals surface area contributed by atoms with Crippen molar-refractivity contribution in [2.24, 2.45) is 0 Å². The molecule has 3 heteroatoms. The molecule has 0 fully saturated rings. The fraction of sp³-hybridized carbons (Fsp3) is 0.500. The number of aryl methyl sites for hydroxylation is 1. The minimum Gasteiger partial charge on any atom is -0.308 e. The molecule has 0 amide bonds. The molecule has 0 aliphatic carbocycles. The number of alkyl halides is 1. The van der Waals surface area contributed by atoms with E-state index in [0.29, 0.717) is 6.04 Å². The van der Waals surface area contributed by atoms with E-state index in [-0.39, 0.29) is 0 Å². The maximum atomic E-state index is 4.40. The molecular formula is C10H15BrN2. The van der Waals surface area contributed by atoms with Crippen LogP contribution in [0.3, 0.4) is 0 Å². The number of nitrogens with zero attached hydrogens (tertiary/aromatic N) is 1. The normalized spacial score (nSPS) is 12.8. The molecule has 0 aliphatic heterocycles. The van der Waals surface area contributed by atoms with Crippen LogP contribution in [0.5, 0.6) is 0 Å². The van der Waals surface area contributed by atoms with Crippen molar-refractivity contribution in [3.05, 3.63) is 29.6 Å². The van der Waals surface area contributed by atoms with Crippen molar-refractivity contribution >= 4 is 15.9 Å². The predicted molar refractivity (Wildman–Crippen MR) is 59.1 cm³/mol. The Bertz CT molecular complexity index is 263. The molecule has 13 heavy (non-hydrogen) atoms. The van der Waals surface area contributed by atoms with Crippen molar-refractivity contribution in [3.8, 4) is 0 Å². The van der Waals surface area contributed by atoms with Crippen LogP contribution in [0, 0.1) is 6.92 Å². The Hall–Kier alpha value is -0.410. The first-order valence-corrected chi connectivity index (χ1v) is 5.56. The van der Waals surface area contributed by atoms with E-state index in [1.54, 1.807) is 0 Å². The van der Waals surface area contributed by atoms with Gasteiger partial charge in [0.2, 0.25) is 0 Å². The molecule has 0 spiro atoms. The van der Waals surface area contributed by atoms with E-state index in [1.807, 2.05) is 25.1 Å².